The third kappa shape index (κ3) is 5.60. The molecule has 4 aliphatic rings. The van der Waals surface area contributed by atoms with Crippen molar-refractivity contribution in [3.8, 4) is 6.07 Å². The number of ketones is 1. The zero-order chi connectivity index (χ0) is 29.5. The number of carbonyl (C=O) groups excluding carboxylic acids is 3. The van der Waals surface area contributed by atoms with Crippen LogP contribution in [0, 0.1) is 29.1 Å². The summed E-state index contributed by atoms with van der Waals surface area (Å²) in [7, 11) is 0. The van der Waals surface area contributed by atoms with Crippen molar-refractivity contribution in [3.63, 3.8) is 0 Å². The summed E-state index contributed by atoms with van der Waals surface area (Å²) < 4.78 is 1.33. The smallest absolute Gasteiger partial charge is 0.353 e. The number of fused-ring (bicyclic) bond motifs is 1. The number of β-lactam (4-membered cyclic amide) rings is 1. The van der Waals surface area contributed by atoms with E-state index in [1.807, 2.05) is 13.8 Å². The van der Waals surface area contributed by atoms with Crippen LogP contribution in [0.4, 0.5) is 0 Å². The minimum absolute atomic E-state index is 0.00163. The van der Waals surface area contributed by atoms with E-state index in [1.54, 1.807) is 4.90 Å². The van der Waals surface area contributed by atoms with E-state index in [0.29, 0.717) is 43.8 Å². The number of rotatable bonds is 10. The van der Waals surface area contributed by atoms with Crippen LogP contribution in [0.25, 0.3) is 0 Å². The first-order valence-corrected chi connectivity index (χ1v) is 14.8. The van der Waals surface area contributed by atoms with Gasteiger partial charge in [-0.3, -0.25) is 14.4 Å². The molecule has 0 spiro atoms. The van der Waals surface area contributed by atoms with Crippen LogP contribution in [0.15, 0.2) is 16.9 Å². The van der Waals surface area contributed by atoms with Gasteiger partial charge in [-0.1, -0.05) is 13.8 Å². The summed E-state index contributed by atoms with van der Waals surface area (Å²) in [5.41, 5.74) is 5.75. The number of Topliss-reactive ketones (excluding diaryl/α,β-unsaturated/α-hetero) is 1. The fraction of sp³-hybridized carbons (Fsp3) is 0.692. The Hall–Kier alpha value is -3.35. The van der Waals surface area contributed by atoms with E-state index in [0.717, 1.165) is 0 Å². The number of tetrazole rings is 1. The van der Waals surface area contributed by atoms with Crippen LogP contribution >= 0.6 is 11.8 Å². The fourth-order valence-electron chi connectivity index (χ4n) is 6.64. The quantitative estimate of drug-likeness (QED) is 0.304. The second kappa shape index (κ2) is 11.5. The Labute approximate surface area is 241 Å². The molecule has 1 aromatic rings. The van der Waals surface area contributed by atoms with E-state index in [4.69, 9.17) is 11.0 Å². The molecule has 0 aromatic carbocycles. The highest BCUT2D eigenvalue weighted by molar-refractivity contribution is 8.03. The molecular formula is C26H35N9O5S. The molecule has 14 nitrogen and oxygen atoms in total. The normalized spacial score (nSPS) is 29.6. The number of nitrogens with two attached hydrogens (primary N) is 1. The average molecular weight is 586 g/mol. The zero-order valence-corrected chi connectivity index (χ0v) is 23.9. The molecule has 41 heavy (non-hydrogen) atoms. The Morgan fingerprint density at radius 1 is 1.34 bits per heavy atom. The molecule has 0 unspecified atom stereocenters. The number of carbonyl (C=O) groups is 4. The lowest BCUT2D eigenvalue weighted by Crippen LogP contribution is -2.62. The van der Waals surface area contributed by atoms with E-state index < -0.39 is 17.4 Å². The molecular weight excluding hydrogens is 550 g/mol. The molecule has 0 aliphatic carbocycles. The van der Waals surface area contributed by atoms with Crippen molar-refractivity contribution in [3.05, 3.63) is 16.9 Å². The maximum atomic E-state index is 13.2. The largest absolute Gasteiger partial charge is 0.477 e. The minimum Gasteiger partial charge on any atom is -0.477 e. The Kier molecular flexibility index (Phi) is 8.18. The van der Waals surface area contributed by atoms with Crippen molar-refractivity contribution in [2.45, 2.75) is 75.4 Å². The number of aliphatic carboxylic acids is 1. The number of nitriles is 1. The third-order valence-corrected chi connectivity index (χ3v) is 10.4. The van der Waals surface area contributed by atoms with Crippen LogP contribution in [-0.2, 0) is 25.7 Å². The highest BCUT2D eigenvalue weighted by Crippen LogP contribution is 2.53. The monoisotopic (exact) mass is 585 g/mol. The molecule has 6 atom stereocenters. The van der Waals surface area contributed by atoms with Crippen molar-refractivity contribution in [2.24, 2.45) is 23.5 Å². The van der Waals surface area contributed by atoms with Crippen LogP contribution in [-0.4, -0.2) is 101 Å². The summed E-state index contributed by atoms with van der Waals surface area (Å²) in [6.45, 7) is 5.36. The molecule has 2 amide bonds. The number of aromatic nitrogens is 4. The number of likely N-dealkylation sites (tertiary alicyclic amines) is 1. The van der Waals surface area contributed by atoms with Gasteiger partial charge in [0.2, 0.25) is 11.8 Å². The Bertz CT molecular complexity index is 1290. The fourth-order valence-corrected chi connectivity index (χ4v) is 8.12. The van der Waals surface area contributed by atoms with Gasteiger partial charge >= 0.3 is 5.97 Å². The molecule has 0 bridgehead atoms. The molecule has 220 valence electrons. The SMILES string of the molecule is C[C@@H](CC(=O)Cn1cnnn1)[C@H]1C(=O)N2C(C(=O)O)=C(S[C@@H]3CN[C@H](C(=O)N4CCC(N)(CC#N)CC4)C3)[C@H](C)[C@H]12. The maximum absolute atomic E-state index is 13.2. The number of nitrogens with one attached hydrogen (secondary N) is 1. The topological polar surface area (TPSA) is 200 Å². The predicted octanol–water partition coefficient (Wildman–Crippen LogP) is -0.261. The summed E-state index contributed by atoms with van der Waals surface area (Å²) in [6.07, 6.45) is 3.49. The number of thioether (sulfide) groups is 1. The molecule has 3 saturated heterocycles. The second-order valence-corrected chi connectivity index (χ2v) is 13.1. The van der Waals surface area contributed by atoms with Crippen LogP contribution in [0.1, 0.15) is 46.0 Å². The van der Waals surface area contributed by atoms with Crippen LogP contribution in [0.2, 0.25) is 0 Å². The van der Waals surface area contributed by atoms with Gasteiger partial charge in [0.15, 0.2) is 5.78 Å². The van der Waals surface area contributed by atoms with E-state index in [-0.39, 0.29) is 71.9 Å². The van der Waals surface area contributed by atoms with Crippen molar-refractivity contribution in [1.29, 1.82) is 5.26 Å². The number of amides is 2. The van der Waals surface area contributed by atoms with Crippen molar-refractivity contribution >= 4 is 35.3 Å². The molecule has 4 aliphatic heterocycles. The number of carboxylic acids is 1. The first kappa shape index (κ1) is 29.2. The van der Waals surface area contributed by atoms with Crippen LogP contribution in [0.3, 0.4) is 0 Å². The average Bonchev–Trinajstić information content (AvgIpc) is 3.65. The van der Waals surface area contributed by atoms with E-state index in [1.165, 1.54) is 27.7 Å². The summed E-state index contributed by atoms with van der Waals surface area (Å²) in [5, 5.41) is 33.1. The number of nitrogens with zero attached hydrogens (tertiary/aromatic N) is 7. The standard InChI is InChI=1S/C26H35N9O5S/c1-14(9-16(36)12-34-13-30-31-32-34)19-20-15(2)22(21(25(39)40)35(20)24(19)38)41-17-10-18(29-11-17)23(37)33-7-4-26(28,3-6-27)5-8-33/h13-15,17-20,29H,3-5,7-12,28H2,1-2H3,(H,39,40)/t14-,15+,17-,18-,19+,20+/m0/s1. The van der Waals surface area contributed by atoms with Crippen molar-refractivity contribution in [2.75, 3.05) is 19.6 Å². The Morgan fingerprint density at radius 2 is 2.07 bits per heavy atom. The van der Waals surface area contributed by atoms with Gasteiger partial charge in [0.1, 0.15) is 18.6 Å². The highest BCUT2D eigenvalue weighted by Gasteiger charge is 2.60. The van der Waals surface area contributed by atoms with Crippen molar-refractivity contribution in [1.82, 2.24) is 35.3 Å². The van der Waals surface area contributed by atoms with Crippen molar-refractivity contribution < 1.29 is 24.3 Å². The number of piperidine rings is 1. The Morgan fingerprint density at radius 3 is 2.71 bits per heavy atom. The lowest BCUT2D eigenvalue weighted by atomic mass is 9.73. The van der Waals surface area contributed by atoms with Gasteiger partial charge < -0.3 is 26.0 Å². The summed E-state index contributed by atoms with van der Waals surface area (Å²) >= 11 is 1.44. The van der Waals surface area contributed by atoms with Gasteiger partial charge in [-0.25, -0.2) is 9.48 Å². The lowest BCUT2D eigenvalue weighted by molar-refractivity contribution is -0.160. The molecule has 4 N–H and O–H groups in total. The van der Waals surface area contributed by atoms with Gasteiger partial charge in [0, 0.05) is 47.7 Å². The summed E-state index contributed by atoms with van der Waals surface area (Å²) in [5.74, 6) is -2.46. The molecule has 0 saturated carbocycles. The zero-order valence-electron chi connectivity index (χ0n) is 23.1. The first-order chi connectivity index (χ1) is 19.5. The predicted molar refractivity (Wildman–Crippen MR) is 145 cm³/mol. The first-order valence-electron chi connectivity index (χ1n) is 13.9. The number of hydrogen-bond acceptors (Lipinski definition) is 11. The molecule has 0 radical (unpaired) electrons. The van der Waals surface area contributed by atoms with Gasteiger partial charge in [-0.2, -0.15) is 5.26 Å². The minimum atomic E-state index is -1.15. The second-order valence-electron chi connectivity index (χ2n) is 11.7. The Balaban J connectivity index is 1.20. The maximum Gasteiger partial charge on any atom is 0.353 e. The molecule has 15 heteroatoms. The number of carboxylic acid groups (broad SMARTS) is 1. The number of hydrogen-bond donors (Lipinski definition) is 3. The molecule has 5 heterocycles. The van der Waals surface area contributed by atoms with Gasteiger partial charge in [-0.15, -0.1) is 16.9 Å². The van der Waals surface area contributed by atoms with E-state index >= 15 is 0 Å². The molecule has 1 aromatic heterocycles. The van der Waals surface area contributed by atoms with E-state index in [9.17, 15) is 24.3 Å². The van der Waals surface area contributed by atoms with Crippen LogP contribution in [0.5, 0.6) is 0 Å². The summed E-state index contributed by atoms with van der Waals surface area (Å²) in [6, 6.07) is 1.43. The molecule has 3 fully saturated rings. The molecule has 5 rings (SSSR count). The van der Waals surface area contributed by atoms with Crippen LogP contribution < -0.4 is 11.1 Å². The van der Waals surface area contributed by atoms with Gasteiger partial charge in [-0.05, 0) is 35.6 Å². The highest BCUT2D eigenvalue weighted by atomic mass is 32.2. The lowest BCUT2D eigenvalue weighted by Gasteiger charge is -2.47. The third-order valence-electron chi connectivity index (χ3n) is 8.87. The van der Waals surface area contributed by atoms with Gasteiger partial charge in [0.05, 0.1) is 30.5 Å². The van der Waals surface area contributed by atoms with E-state index in [2.05, 4.69) is 26.9 Å². The summed E-state index contributed by atoms with van der Waals surface area (Å²) in [4.78, 5) is 55.1. The van der Waals surface area contributed by atoms with Gasteiger partial charge in [0.25, 0.3) is 0 Å².